The Bertz CT molecular complexity index is 1340. The standard InChI is InChI=1S/C24H20F2N4O3/c25-20-9-8-15(11-21(20)26)27-23(31)18-13-29(12-17-7-4-10-33-17)14-19-22(18)28-30(24(19)32)16-5-2-1-3-6-16/h1-3,5-6,8-9,11,13-14,17H,4,7,10,12H2,(H,27,31)/t17-/m0/s1. The van der Waals surface area contributed by atoms with Crippen molar-refractivity contribution in [3.63, 3.8) is 0 Å². The van der Waals surface area contributed by atoms with Crippen molar-refractivity contribution >= 4 is 11.6 Å². The summed E-state index contributed by atoms with van der Waals surface area (Å²) in [5, 5.41) is 6.98. The van der Waals surface area contributed by atoms with Crippen LogP contribution >= 0.6 is 0 Å². The van der Waals surface area contributed by atoms with Crippen LogP contribution in [-0.4, -0.2) is 33.0 Å². The highest BCUT2D eigenvalue weighted by molar-refractivity contribution is 6.08. The van der Waals surface area contributed by atoms with Crippen molar-refractivity contribution in [1.29, 1.82) is 0 Å². The zero-order valence-corrected chi connectivity index (χ0v) is 17.5. The molecule has 0 bridgehead atoms. The molecule has 3 heterocycles. The molecule has 1 atom stereocenters. The van der Waals surface area contributed by atoms with E-state index in [1.54, 1.807) is 41.2 Å². The van der Waals surface area contributed by atoms with Crippen molar-refractivity contribution in [2.24, 2.45) is 0 Å². The molecule has 0 saturated carbocycles. The van der Waals surface area contributed by atoms with Crippen LogP contribution in [0.2, 0.25) is 0 Å². The van der Waals surface area contributed by atoms with Gasteiger partial charge in [0.15, 0.2) is 11.6 Å². The van der Waals surface area contributed by atoms with Gasteiger partial charge >= 0.3 is 0 Å². The number of carbonyl (C=O) groups is 1. The minimum Gasteiger partial charge on any atom is -0.376 e. The van der Waals surface area contributed by atoms with Gasteiger partial charge in [-0.15, -0.1) is 0 Å². The van der Waals surface area contributed by atoms with E-state index < -0.39 is 17.5 Å². The molecule has 5 rings (SSSR count). The van der Waals surface area contributed by atoms with Gasteiger partial charge < -0.3 is 14.6 Å². The van der Waals surface area contributed by atoms with Crippen LogP contribution in [0.4, 0.5) is 14.5 Å². The molecule has 7 nitrogen and oxygen atoms in total. The van der Waals surface area contributed by atoms with E-state index in [4.69, 9.17) is 4.74 Å². The third-order valence-electron chi connectivity index (χ3n) is 5.58. The molecule has 1 fully saturated rings. The second-order valence-corrected chi connectivity index (χ2v) is 7.90. The fraction of sp³-hybridized carbons (Fsp3) is 0.208. The second-order valence-electron chi connectivity index (χ2n) is 7.90. The first-order valence-corrected chi connectivity index (χ1v) is 10.6. The maximum Gasteiger partial charge on any atom is 0.282 e. The van der Waals surface area contributed by atoms with E-state index in [0.717, 1.165) is 25.0 Å². The summed E-state index contributed by atoms with van der Waals surface area (Å²) in [6.45, 7) is 1.15. The first kappa shape index (κ1) is 21.0. The van der Waals surface area contributed by atoms with Gasteiger partial charge in [-0.2, -0.15) is 9.78 Å². The molecule has 3 aliphatic rings. The van der Waals surface area contributed by atoms with Gasteiger partial charge in [0.1, 0.15) is 5.69 Å². The molecule has 3 aliphatic heterocycles. The monoisotopic (exact) mass is 450 g/mol. The third kappa shape index (κ3) is 4.14. The van der Waals surface area contributed by atoms with Crippen LogP contribution in [0.3, 0.4) is 0 Å². The molecule has 9 heteroatoms. The lowest BCUT2D eigenvalue weighted by molar-refractivity contribution is 0.0961. The number of hydrogen-bond donors (Lipinski definition) is 1. The Morgan fingerprint density at radius 3 is 2.67 bits per heavy atom. The lowest BCUT2D eigenvalue weighted by atomic mass is 10.1. The Balaban J connectivity index is 1.59. The van der Waals surface area contributed by atoms with E-state index in [9.17, 15) is 18.4 Å². The van der Waals surface area contributed by atoms with E-state index in [1.165, 1.54) is 10.7 Å². The number of nitrogens with zero attached hydrogens (tertiary/aromatic N) is 3. The van der Waals surface area contributed by atoms with Gasteiger partial charge in [0.25, 0.3) is 11.5 Å². The van der Waals surface area contributed by atoms with E-state index in [1.807, 2.05) is 6.07 Å². The SMILES string of the molecule is O=C(Nc1ccc(F)c(F)c1)c1cn(C[C@@H]2CCCO2)cc2c(=O)n(-c3ccccc3)nc1-2. The second kappa shape index (κ2) is 8.59. The first-order valence-electron chi connectivity index (χ1n) is 10.6. The third-order valence-corrected chi connectivity index (χ3v) is 5.58. The average Bonchev–Trinajstić information content (AvgIpc) is 3.44. The normalized spacial score (nSPS) is 15.8. The van der Waals surface area contributed by atoms with Crippen LogP contribution in [0.1, 0.15) is 23.2 Å². The number of ether oxygens (including phenoxy) is 1. The molecule has 0 spiro atoms. The van der Waals surface area contributed by atoms with Crippen LogP contribution in [0, 0.1) is 11.6 Å². The number of aromatic nitrogens is 3. The van der Waals surface area contributed by atoms with Crippen molar-refractivity contribution in [1.82, 2.24) is 14.3 Å². The Kier molecular flexibility index (Phi) is 5.47. The van der Waals surface area contributed by atoms with Crippen LogP contribution in [0.5, 0.6) is 0 Å². The van der Waals surface area contributed by atoms with E-state index in [0.29, 0.717) is 18.8 Å². The van der Waals surface area contributed by atoms with Crippen molar-refractivity contribution in [3.8, 4) is 16.9 Å². The van der Waals surface area contributed by atoms with Crippen LogP contribution in [0.15, 0.2) is 65.7 Å². The quantitative estimate of drug-likeness (QED) is 0.501. The predicted molar refractivity (Wildman–Crippen MR) is 118 cm³/mol. The summed E-state index contributed by atoms with van der Waals surface area (Å²) in [5.74, 6) is -2.68. The minimum absolute atomic E-state index is 0.0196. The van der Waals surface area contributed by atoms with E-state index >= 15 is 0 Å². The van der Waals surface area contributed by atoms with Crippen molar-refractivity contribution in [2.45, 2.75) is 25.5 Å². The molecule has 168 valence electrons. The molecule has 2 aromatic rings. The first-order chi connectivity index (χ1) is 16.0. The molecule has 1 N–H and O–H groups in total. The molecule has 1 saturated heterocycles. The highest BCUT2D eigenvalue weighted by Gasteiger charge is 2.26. The van der Waals surface area contributed by atoms with Gasteiger partial charge in [-0.25, -0.2) is 8.78 Å². The van der Waals surface area contributed by atoms with Crippen LogP contribution in [-0.2, 0) is 11.3 Å². The summed E-state index contributed by atoms with van der Waals surface area (Å²) in [7, 11) is 0. The molecule has 0 unspecified atom stereocenters. The number of amides is 1. The predicted octanol–water partition coefficient (Wildman–Crippen LogP) is 3.85. The zero-order valence-electron chi connectivity index (χ0n) is 17.5. The van der Waals surface area contributed by atoms with E-state index in [2.05, 4.69) is 10.4 Å². The number of halogens is 2. The largest absolute Gasteiger partial charge is 0.376 e. The van der Waals surface area contributed by atoms with Gasteiger partial charge in [-0.1, -0.05) is 18.2 Å². The maximum absolute atomic E-state index is 13.6. The fourth-order valence-electron chi connectivity index (χ4n) is 3.97. The number of carbonyl (C=O) groups excluding carboxylic acids is 1. The van der Waals surface area contributed by atoms with E-state index in [-0.39, 0.29) is 34.2 Å². The number of para-hydroxylation sites is 1. The average molecular weight is 450 g/mol. The summed E-state index contributed by atoms with van der Waals surface area (Å²) < 4.78 is 35.6. The molecular weight excluding hydrogens is 430 g/mol. The molecule has 2 aromatic carbocycles. The Hall–Kier alpha value is -3.85. The van der Waals surface area contributed by atoms with Crippen molar-refractivity contribution in [2.75, 3.05) is 11.9 Å². The topological polar surface area (TPSA) is 78.2 Å². The summed E-state index contributed by atoms with van der Waals surface area (Å²) in [6, 6.07) is 12.0. The highest BCUT2D eigenvalue weighted by Crippen LogP contribution is 2.25. The number of rotatable bonds is 5. The Morgan fingerprint density at radius 2 is 1.94 bits per heavy atom. The molecule has 33 heavy (non-hydrogen) atoms. The van der Waals surface area contributed by atoms with Crippen molar-refractivity contribution in [3.05, 3.63) is 88.5 Å². The number of hydrogen-bond acceptors (Lipinski definition) is 4. The van der Waals surface area contributed by atoms with Gasteiger partial charge in [0, 0.05) is 37.3 Å². The molecular formula is C24H20F2N4O3. The number of benzene rings is 2. The molecule has 0 aromatic heterocycles. The summed E-state index contributed by atoms with van der Waals surface area (Å²) >= 11 is 0. The minimum atomic E-state index is -1.07. The number of fused-ring (bicyclic) bond motifs is 1. The molecule has 1 amide bonds. The molecule has 0 aliphatic carbocycles. The van der Waals surface area contributed by atoms with Gasteiger partial charge in [-0.05, 0) is 37.1 Å². The Morgan fingerprint density at radius 1 is 1.12 bits per heavy atom. The summed E-state index contributed by atoms with van der Waals surface area (Å²) in [5.41, 5.74) is 0.923. The number of pyridine rings is 1. The lowest BCUT2D eigenvalue weighted by Crippen LogP contribution is -2.21. The number of anilines is 1. The number of nitrogens with one attached hydrogen (secondary N) is 1. The van der Waals surface area contributed by atoms with Gasteiger partial charge in [0.2, 0.25) is 0 Å². The van der Waals surface area contributed by atoms with Gasteiger partial charge in [-0.3, -0.25) is 9.59 Å². The van der Waals surface area contributed by atoms with Crippen LogP contribution < -0.4 is 10.9 Å². The van der Waals surface area contributed by atoms with Crippen LogP contribution in [0.25, 0.3) is 16.9 Å². The summed E-state index contributed by atoms with van der Waals surface area (Å²) in [6.07, 6.45) is 5.08. The Labute approximate surface area is 187 Å². The smallest absolute Gasteiger partial charge is 0.282 e. The maximum atomic E-state index is 13.6. The van der Waals surface area contributed by atoms with Gasteiger partial charge in [0.05, 0.1) is 22.9 Å². The summed E-state index contributed by atoms with van der Waals surface area (Å²) in [4.78, 5) is 26.3. The zero-order chi connectivity index (χ0) is 22.9. The highest BCUT2D eigenvalue weighted by atomic mass is 19.2. The fourth-order valence-corrected chi connectivity index (χ4v) is 3.97. The van der Waals surface area contributed by atoms with Crippen molar-refractivity contribution < 1.29 is 18.3 Å². The molecule has 0 radical (unpaired) electrons. The lowest BCUT2D eigenvalue weighted by Gasteiger charge is -2.16.